The van der Waals surface area contributed by atoms with Gasteiger partial charge in [0.25, 0.3) is 0 Å². The Morgan fingerprint density at radius 2 is 1.88 bits per heavy atom. The second kappa shape index (κ2) is 7.40. The normalized spacial score (nSPS) is 29.6. The third-order valence-corrected chi connectivity index (χ3v) is 6.11. The Labute approximate surface area is 144 Å². The van der Waals surface area contributed by atoms with Crippen molar-refractivity contribution < 1.29 is 14.7 Å². The Morgan fingerprint density at radius 3 is 2.50 bits per heavy atom. The van der Waals surface area contributed by atoms with Gasteiger partial charge in [0.1, 0.15) is 11.6 Å². The predicted molar refractivity (Wildman–Crippen MR) is 91.4 cm³/mol. The molecule has 2 heterocycles. The Kier molecular flexibility index (Phi) is 5.45. The van der Waals surface area contributed by atoms with Gasteiger partial charge in [0.05, 0.1) is 6.10 Å². The highest BCUT2D eigenvalue weighted by Gasteiger charge is 2.54. The van der Waals surface area contributed by atoms with Crippen LogP contribution in [0.2, 0.25) is 0 Å². The molecular formula is C18H31N3O3. The number of aliphatic hydroxyl groups excluding tert-OH is 1. The monoisotopic (exact) mass is 337 g/mol. The van der Waals surface area contributed by atoms with Gasteiger partial charge in [-0.2, -0.15) is 0 Å². The van der Waals surface area contributed by atoms with Crippen molar-refractivity contribution in [2.24, 2.45) is 5.92 Å². The Balaban J connectivity index is 1.81. The molecule has 3 rings (SSSR count). The molecule has 1 unspecified atom stereocenters. The molecule has 136 valence electrons. The van der Waals surface area contributed by atoms with E-state index in [-0.39, 0.29) is 17.7 Å². The van der Waals surface area contributed by atoms with Gasteiger partial charge in [-0.05, 0) is 51.1 Å². The highest BCUT2D eigenvalue weighted by Crippen LogP contribution is 2.34. The summed E-state index contributed by atoms with van der Waals surface area (Å²) in [6.45, 7) is 4.11. The number of hydrogen-bond donors (Lipinski definition) is 3. The lowest BCUT2D eigenvalue weighted by atomic mass is 9.78. The van der Waals surface area contributed by atoms with Crippen molar-refractivity contribution in [2.45, 2.75) is 76.0 Å². The smallest absolute Gasteiger partial charge is 0.248 e. The molecular weight excluding hydrogens is 306 g/mol. The minimum Gasteiger partial charge on any atom is -0.390 e. The number of carbonyl (C=O) groups excluding carboxylic acids is 2. The topological polar surface area (TPSA) is 81.7 Å². The lowest BCUT2D eigenvalue weighted by Gasteiger charge is -2.51. The van der Waals surface area contributed by atoms with E-state index in [1.165, 1.54) is 6.42 Å². The summed E-state index contributed by atoms with van der Waals surface area (Å²) in [7, 11) is 0. The van der Waals surface area contributed by atoms with Gasteiger partial charge in [-0.3, -0.25) is 9.59 Å². The minimum atomic E-state index is -0.771. The summed E-state index contributed by atoms with van der Waals surface area (Å²) in [4.78, 5) is 27.9. The molecule has 0 bridgehead atoms. The van der Waals surface area contributed by atoms with E-state index in [4.69, 9.17) is 0 Å². The molecule has 2 saturated heterocycles. The fourth-order valence-electron chi connectivity index (χ4n) is 4.70. The van der Waals surface area contributed by atoms with Crippen molar-refractivity contribution in [3.05, 3.63) is 0 Å². The van der Waals surface area contributed by atoms with Gasteiger partial charge >= 0.3 is 0 Å². The number of nitrogens with one attached hydrogen (secondary N) is 2. The average molecular weight is 337 g/mol. The highest BCUT2D eigenvalue weighted by molar-refractivity contribution is 6.00. The van der Waals surface area contributed by atoms with Crippen LogP contribution in [-0.4, -0.2) is 59.1 Å². The van der Waals surface area contributed by atoms with Crippen LogP contribution in [0.1, 0.15) is 58.3 Å². The van der Waals surface area contributed by atoms with Gasteiger partial charge in [0, 0.05) is 6.54 Å². The fraction of sp³-hybridized carbons (Fsp3) is 0.889. The molecule has 24 heavy (non-hydrogen) atoms. The molecule has 1 aliphatic carbocycles. The van der Waals surface area contributed by atoms with Gasteiger partial charge in [-0.15, -0.1) is 0 Å². The number of piperidine rings is 1. The molecule has 1 spiro atoms. The number of piperazine rings is 1. The predicted octanol–water partition coefficient (Wildman–Crippen LogP) is 0.787. The molecule has 0 radical (unpaired) electrons. The van der Waals surface area contributed by atoms with E-state index in [1.807, 2.05) is 6.92 Å². The summed E-state index contributed by atoms with van der Waals surface area (Å²) in [6, 6.07) is -0.771. The van der Waals surface area contributed by atoms with E-state index >= 15 is 0 Å². The molecule has 2 aliphatic heterocycles. The third kappa shape index (κ3) is 3.06. The van der Waals surface area contributed by atoms with E-state index in [0.29, 0.717) is 19.4 Å². The number of nitrogens with zero attached hydrogens (tertiary/aromatic N) is 1. The second-order valence-electron chi connectivity index (χ2n) is 7.61. The van der Waals surface area contributed by atoms with Crippen molar-refractivity contribution in [3.63, 3.8) is 0 Å². The molecule has 6 heteroatoms. The molecule has 0 aromatic carbocycles. The molecule has 3 aliphatic rings. The lowest BCUT2D eigenvalue weighted by molar-refractivity contribution is -0.164. The van der Waals surface area contributed by atoms with Gasteiger partial charge in [-0.25, -0.2) is 0 Å². The molecule has 0 aromatic rings. The van der Waals surface area contributed by atoms with Crippen molar-refractivity contribution in [1.29, 1.82) is 0 Å². The van der Waals surface area contributed by atoms with Crippen LogP contribution in [0.25, 0.3) is 0 Å². The van der Waals surface area contributed by atoms with Crippen LogP contribution < -0.4 is 10.6 Å². The van der Waals surface area contributed by atoms with Crippen molar-refractivity contribution in [1.82, 2.24) is 15.5 Å². The standard InChI is InChI=1S/C18H31N3O3/c1-2-12-21-16(23)14(15(22)13-6-4-3-5-7-13)20-17(24)18(21)8-10-19-11-9-18/h13-15,19,22H,2-12H2,1H3,(H,20,24)/t14?,15-/m1/s1. The SMILES string of the molecule is CCCN1C(=O)C([C@H](O)C2CCCCC2)NC(=O)C12CCNCC2. The zero-order valence-electron chi connectivity index (χ0n) is 14.7. The Hall–Kier alpha value is -1.14. The van der Waals surface area contributed by atoms with Gasteiger partial charge in [-0.1, -0.05) is 26.2 Å². The van der Waals surface area contributed by atoms with Crippen LogP contribution in [0.3, 0.4) is 0 Å². The van der Waals surface area contributed by atoms with Gasteiger partial charge < -0.3 is 20.6 Å². The third-order valence-electron chi connectivity index (χ3n) is 6.11. The molecule has 2 amide bonds. The van der Waals surface area contributed by atoms with Crippen LogP contribution in [0.4, 0.5) is 0 Å². The molecule has 0 aromatic heterocycles. The molecule has 3 N–H and O–H groups in total. The van der Waals surface area contributed by atoms with E-state index < -0.39 is 17.7 Å². The van der Waals surface area contributed by atoms with Gasteiger partial charge in [0.15, 0.2) is 0 Å². The zero-order chi connectivity index (χ0) is 17.2. The highest BCUT2D eigenvalue weighted by atomic mass is 16.3. The summed E-state index contributed by atoms with van der Waals surface area (Å²) >= 11 is 0. The summed E-state index contributed by atoms with van der Waals surface area (Å²) in [6.07, 6.45) is 6.66. The first-order chi connectivity index (χ1) is 11.6. The first kappa shape index (κ1) is 17.7. The van der Waals surface area contributed by atoms with Crippen LogP contribution in [-0.2, 0) is 9.59 Å². The van der Waals surface area contributed by atoms with Crippen LogP contribution in [0, 0.1) is 5.92 Å². The number of amides is 2. The van der Waals surface area contributed by atoms with E-state index in [2.05, 4.69) is 10.6 Å². The zero-order valence-corrected chi connectivity index (χ0v) is 14.7. The first-order valence-corrected chi connectivity index (χ1v) is 9.61. The quantitative estimate of drug-likeness (QED) is 0.708. The van der Waals surface area contributed by atoms with Crippen LogP contribution in [0.15, 0.2) is 0 Å². The molecule has 6 nitrogen and oxygen atoms in total. The summed E-state index contributed by atoms with van der Waals surface area (Å²) in [5, 5.41) is 17.0. The molecule has 1 saturated carbocycles. The number of aliphatic hydroxyl groups is 1. The maximum absolute atomic E-state index is 13.1. The Morgan fingerprint density at radius 1 is 1.21 bits per heavy atom. The van der Waals surface area contributed by atoms with E-state index in [9.17, 15) is 14.7 Å². The summed E-state index contributed by atoms with van der Waals surface area (Å²) < 4.78 is 0. The van der Waals surface area contributed by atoms with Crippen molar-refractivity contribution in [3.8, 4) is 0 Å². The average Bonchev–Trinajstić information content (AvgIpc) is 2.63. The maximum Gasteiger partial charge on any atom is 0.248 e. The number of hydrogen-bond acceptors (Lipinski definition) is 4. The minimum absolute atomic E-state index is 0.0723. The Bertz CT molecular complexity index is 470. The van der Waals surface area contributed by atoms with Crippen LogP contribution in [0.5, 0.6) is 0 Å². The molecule has 2 atom stereocenters. The van der Waals surface area contributed by atoms with Crippen molar-refractivity contribution >= 4 is 11.8 Å². The largest absolute Gasteiger partial charge is 0.390 e. The second-order valence-corrected chi connectivity index (χ2v) is 7.61. The number of carbonyl (C=O) groups is 2. The summed E-state index contributed by atoms with van der Waals surface area (Å²) in [5.74, 6) is -0.0353. The van der Waals surface area contributed by atoms with Gasteiger partial charge in [0.2, 0.25) is 11.8 Å². The van der Waals surface area contributed by atoms with E-state index in [1.54, 1.807) is 4.90 Å². The summed E-state index contributed by atoms with van der Waals surface area (Å²) in [5.41, 5.74) is -0.721. The lowest BCUT2D eigenvalue weighted by Crippen LogP contribution is -2.74. The maximum atomic E-state index is 13.1. The molecule has 3 fully saturated rings. The van der Waals surface area contributed by atoms with E-state index in [0.717, 1.165) is 45.2 Å². The fourth-order valence-corrected chi connectivity index (χ4v) is 4.70. The first-order valence-electron chi connectivity index (χ1n) is 9.61. The number of rotatable bonds is 4. The van der Waals surface area contributed by atoms with Crippen molar-refractivity contribution in [2.75, 3.05) is 19.6 Å². The van der Waals surface area contributed by atoms with Crippen LogP contribution >= 0.6 is 0 Å².